The van der Waals surface area contributed by atoms with Gasteiger partial charge in [0.25, 0.3) is 5.69 Å². The highest BCUT2D eigenvalue weighted by Crippen LogP contribution is 2.34. The van der Waals surface area contributed by atoms with Crippen molar-refractivity contribution >= 4 is 21.6 Å². The molecule has 0 amide bonds. The fourth-order valence-electron chi connectivity index (χ4n) is 2.85. The summed E-state index contributed by atoms with van der Waals surface area (Å²) >= 11 is 3.32. The first-order valence-corrected chi connectivity index (χ1v) is 8.16. The first-order valence-electron chi connectivity index (χ1n) is 7.36. The van der Waals surface area contributed by atoms with Crippen LogP contribution in [0.5, 0.6) is 5.88 Å². The number of hydrogen-bond acceptors (Lipinski definition) is 4. The maximum absolute atomic E-state index is 10.9. The number of hydrogen-bond donors (Lipinski definition) is 0. The molecule has 0 aromatic carbocycles. The second kappa shape index (κ2) is 6.73. The minimum absolute atomic E-state index is 0.0118. The molecule has 0 unspecified atom stereocenters. The number of pyridine rings is 1. The lowest BCUT2D eigenvalue weighted by atomic mass is 9.80. The number of aromatic nitrogens is 1. The lowest BCUT2D eigenvalue weighted by Crippen LogP contribution is -2.26. The maximum Gasteiger partial charge on any atom is 0.291 e. The van der Waals surface area contributed by atoms with Gasteiger partial charge in [0.2, 0.25) is 5.88 Å². The van der Waals surface area contributed by atoms with Crippen molar-refractivity contribution in [1.29, 1.82) is 0 Å². The number of halogens is 1. The van der Waals surface area contributed by atoms with Crippen molar-refractivity contribution in [3.8, 4) is 5.88 Å². The van der Waals surface area contributed by atoms with E-state index in [-0.39, 0.29) is 11.8 Å². The lowest BCUT2D eigenvalue weighted by molar-refractivity contribution is -0.385. The number of aryl methyl sites for hydroxylation is 1. The molecule has 1 aliphatic carbocycles. The summed E-state index contributed by atoms with van der Waals surface area (Å²) in [4.78, 5) is 14.7. The number of ether oxygens (including phenoxy) is 1. The molecule has 1 aliphatic rings. The Labute approximate surface area is 133 Å². The van der Waals surface area contributed by atoms with E-state index in [4.69, 9.17) is 4.74 Å². The molecule has 0 spiro atoms. The Bertz CT molecular complexity index is 526. The van der Waals surface area contributed by atoms with Crippen molar-refractivity contribution in [3.05, 3.63) is 26.3 Å². The largest absolute Gasteiger partial charge is 0.474 e. The fraction of sp³-hybridized carbons (Fsp3) is 0.667. The topological polar surface area (TPSA) is 65.3 Å². The van der Waals surface area contributed by atoms with E-state index in [9.17, 15) is 10.1 Å². The van der Waals surface area contributed by atoms with Crippen LogP contribution in [0.15, 0.2) is 10.5 Å². The van der Waals surface area contributed by atoms with Gasteiger partial charge in [-0.05, 0) is 60.4 Å². The van der Waals surface area contributed by atoms with Gasteiger partial charge in [-0.2, -0.15) is 0 Å². The molecule has 5 nitrogen and oxygen atoms in total. The molecule has 116 valence electrons. The zero-order valence-corrected chi connectivity index (χ0v) is 14.2. The molecule has 21 heavy (non-hydrogen) atoms. The Morgan fingerprint density at radius 2 is 2.00 bits per heavy atom. The van der Waals surface area contributed by atoms with Gasteiger partial charge in [0.15, 0.2) is 0 Å². The van der Waals surface area contributed by atoms with E-state index >= 15 is 0 Å². The lowest BCUT2D eigenvalue weighted by Gasteiger charge is -2.31. The standard InChI is InChI=1S/C15H21BrN2O3/c1-9(2)11-4-6-12(7-5-11)21-15-13(16)8-14(18(19)20)10(3)17-15/h8-9,11-12H,4-7H2,1-3H3/t11-,12-. The predicted octanol–water partition coefficient (Wildman–Crippen LogP) is 4.65. The van der Waals surface area contributed by atoms with E-state index in [1.165, 1.54) is 18.9 Å². The normalized spacial score (nSPS) is 22.3. The van der Waals surface area contributed by atoms with Gasteiger partial charge in [0.1, 0.15) is 11.8 Å². The van der Waals surface area contributed by atoms with Gasteiger partial charge in [-0.3, -0.25) is 10.1 Å². The van der Waals surface area contributed by atoms with Crippen LogP contribution in [-0.2, 0) is 0 Å². The van der Waals surface area contributed by atoms with E-state index in [0.717, 1.165) is 24.7 Å². The van der Waals surface area contributed by atoms with Gasteiger partial charge in [0, 0.05) is 6.07 Å². The van der Waals surface area contributed by atoms with Gasteiger partial charge < -0.3 is 4.74 Å². The zero-order chi connectivity index (χ0) is 15.6. The fourth-order valence-corrected chi connectivity index (χ4v) is 3.25. The highest BCUT2D eigenvalue weighted by atomic mass is 79.9. The molecule has 1 fully saturated rings. The van der Waals surface area contributed by atoms with E-state index < -0.39 is 4.92 Å². The van der Waals surface area contributed by atoms with Crippen LogP contribution in [0.3, 0.4) is 0 Å². The molecule has 0 bridgehead atoms. The number of nitrogens with zero attached hydrogens (tertiary/aromatic N) is 2. The van der Waals surface area contributed by atoms with Crippen molar-refractivity contribution in [3.63, 3.8) is 0 Å². The van der Waals surface area contributed by atoms with Crippen molar-refractivity contribution in [2.75, 3.05) is 0 Å². The van der Waals surface area contributed by atoms with Crippen LogP contribution >= 0.6 is 15.9 Å². The minimum Gasteiger partial charge on any atom is -0.474 e. The summed E-state index contributed by atoms with van der Waals surface area (Å²) in [5, 5.41) is 10.9. The minimum atomic E-state index is -0.426. The van der Waals surface area contributed by atoms with Gasteiger partial charge in [-0.1, -0.05) is 13.8 Å². The summed E-state index contributed by atoms with van der Waals surface area (Å²) in [7, 11) is 0. The summed E-state index contributed by atoms with van der Waals surface area (Å²) < 4.78 is 6.50. The molecule has 1 aromatic rings. The molecule has 0 atom stereocenters. The van der Waals surface area contributed by atoms with Crippen LogP contribution in [-0.4, -0.2) is 16.0 Å². The van der Waals surface area contributed by atoms with E-state index in [1.54, 1.807) is 6.92 Å². The smallest absolute Gasteiger partial charge is 0.291 e. The average molecular weight is 357 g/mol. The van der Waals surface area contributed by atoms with Gasteiger partial charge in [-0.25, -0.2) is 4.98 Å². The first kappa shape index (κ1) is 16.2. The van der Waals surface area contributed by atoms with Crippen LogP contribution in [0.4, 0.5) is 5.69 Å². The Balaban J connectivity index is 2.04. The summed E-state index contributed by atoms with van der Waals surface area (Å²) in [5.74, 6) is 1.96. The molecular weight excluding hydrogens is 336 g/mol. The molecule has 0 aliphatic heterocycles. The molecule has 1 saturated carbocycles. The van der Waals surface area contributed by atoms with Gasteiger partial charge in [0.05, 0.1) is 9.40 Å². The molecule has 0 saturated heterocycles. The Hall–Kier alpha value is -1.17. The van der Waals surface area contributed by atoms with Crippen molar-refractivity contribution in [2.24, 2.45) is 11.8 Å². The van der Waals surface area contributed by atoms with E-state index in [0.29, 0.717) is 16.0 Å². The second-order valence-electron chi connectivity index (χ2n) is 6.04. The van der Waals surface area contributed by atoms with Gasteiger partial charge in [-0.15, -0.1) is 0 Å². The summed E-state index contributed by atoms with van der Waals surface area (Å²) in [6.45, 7) is 6.17. The summed E-state index contributed by atoms with van der Waals surface area (Å²) in [6.07, 6.45) is 4.54. The molecule has 6 heteroatoms. The van der Waals surface area contributed by atoms with Crippen molar-refractivity contribution in [2.45, 2.75) is 52.6 Å². The van der Waals surface area contributed by atoms with Crippen LogP contribution in [0, 0.1) is 28.9 Å². The highest BCUT2D eigenvalue weighted by Gasteiger charge is 2.26. The first-order chi connectivity index (χ1) is 9.88. The monoisotopic (exact) mass is 356 g/mol. The number of rotatable bonds is 4. The molecular formula is C15H21BrN2O3. The van der Waals surface area contributed by atoms with Crippen molar-refractivity contribution in [1.82, 2.24) is 4.98 Å². The Morgan fingerprint density at radius 1 is 1.38 bits per heavy atom. The predicted molar refractivity (Wildman–Crippen MR) is 84.5 cm³/mol. The summed E-state index contributed by atoms with van der Waals surface area (Å²) in [5.41, 5.74) is 0.395. The highest BCUT2D eigenvalue weighted by molar-refractivity contribution is 9.10. The molecule has 1 aromatic heterocycles. The third-order valence-electron chi connectivity index (χ3n) is 4.24. The average Bonchev–Trinajstić information content (AvgIpc) is 2.42. The molecule has 2 rings (SSSR count). The number of nitro groups is 1. The van der Waals surface area contributed by atoms with Crippen LogP contribution in [0.2, 0.25) is 0 Å². The second-order valence-corrected chi connectivity index (χ2v) is 6.89. The molecule has 1 heterocycles. The quantitative estimate of drug-likeness (QED) is 0.581. The van der Waals surface area contributed by atoms with Crippen LogP contribution in [0.1, 0.15) is 45.2 Å². The van der Waals surface area contributed by atoms with E-state index in [2.05, 4.69) is 34.8 Å². The van der Waals surface area contributed by atoms with Crippen molar-refractivity contribution < 1.29 is 9.66 Å². The molecule has 0 radical (unpaired) electrons. The van der Waals surface area contributed by atoms with Gasteiger partial charge >= 0.3 is 0 Å². The van der Waals surface area contributed by atoms with Crippen LogP contribution < -0.4 is 4.74 Å². The summed E-state index contributed by atoms with van der Waals surface area (Å²) in [6, 6.07) is 1.47. The Morgan fingerprint density at radius 3 is 2.52 bits per heavy atom. The molecule has 0 N–H and O–H groups in total. The zero-order valence-electron chi connectivity index (χ0n) is 12.6. The maximum atomic E-state index is 10.9. The SMILES string of the molecule is Cc1nc(O[C@H]2CC[C@H](C(C)C)CC2)c(Br)cc1[N+](=O)[O-]. The Kier molecular flexibility index (Phi) is 5.19. The third-order valence-corrected chi connectivity index (χ3v) is 4.81. The van der Waals surface area contributed by atoms with Crippen LogP contribution in [0.25, 0.3) is 0 Å². The van der Waals surface area contributed by atoms with E-state index in [1.807, 2.05) is 0 Å². The third kappa shape index (κ3) is 3.93.